The average Bonchev–Trinajstić information content (AvgIpc) is 4.01. The molecule has 0 heterocycles. The molecule has 1 unspecified atom stereocenters. The highest BCUT2D eigenvalue weighted by molar-refractivity contribution is 5.98. The highest BCUT2D eigenvalue weighted by Gasteiger charge is 2.53. The molecule has 0 saturated heterocycles. The van der Waals surface area contributed by atoms with Gasteiger partial charge in [0, 0.05) is 39.5 Å². The fourth-order valence-corrected chi connectivity index (χ4v) is 15.4. The van der Waals surface area contributed by atoms with E-state index in [2.05, 4.69) is 194 Å². The molecule has 1 atom stereocenters. The smallest absolute Gasteiger partial charge is 0.0727 e. The third-order valence-electron chi connectivity index (χ3n) is 17.9. The second-order valence-corrected chi connectivity index (χ2v) is 21.8. The highest BCUT2D eigenvalue weighted by Crippen LogP contribution is 2.65. The number of rotatable bonds is 7. The summed E-state index contributed by atoms with van der Waals surface area (Å²) in [5.74, 6) is 2.35. The maximum absolute atomic E-state index is 9.95. The molecule has 4 bridgehead atoms. The van der Waals surface area contributed by atoms with Crippen molar-refractivity contribution in [2.24, 2.45) is 23.7 Å². The summed E-state index contributed by atoms with van der Waals surface area (Å²) in [5, 5.41) is 0. The van der Waals surface area contributed by atoms with Crippen LogP contribution in [0.2, 0.25) is 0 Å². The van der Waals surface area contributed by atoms with Gasteiger partial charge in [-0.2, -0.15) is 0 Å². The van der Waals surface area contributed by atoms with Crippen molar-refractivity contribution in [2.45, 2.75) is 62.7 Å². The topological polar surface area (TPSA) is 6.48 Å². The van der Waals surface area contributed by atoms with Crippen molar-refractivity contribution in [3.63, 3.8) is 0 Å². The Morgan fingerprint density at radius 1 is 0.386 bits per heavy atom. The molecule has 1 spiro atoms. The van der Waals surface area contributed by atoms with Crippen LogP contribution < -0.4 is 9.80 Å². The number of para-hydroxylation sites is 3. The lowest BCUT2D eigenvalue weighted by atomic mass is 9.50. The van der Waals surface area contributed by atoms with E-state index in [0.29, 0.717) is 17.5 Å². The molecule has 0 amide bonds. The van der Waals surface area contributed by atoms with Gasteiger partial charge in [-0.15, -0.1) is 0 Å². The quantitative estimate of drug-likeness (QED) is 0.157. The average molecular weight is 905 g/mol. The van der Waals surface area contributed by atoms with Gasteiger partial charge in [-0.3, -0.25) is 0 Å². The molecule has 9 aromatic carbocycles. The van der Waals surface area contributed by atoms with Crippen LogP contribution in [-0.2, 0) is 10.8 Å². The van der Waals surface area contributed by atoms with E-state index < -0.39 is 5.41 Å². The number of fused-ring (bicyclic) bond motifs is 13. The van der Waals surface area contributed by atoms with Crippen LogP contribution in [-0.4, -0.2) is 0 Å². The summed E-state index contributed by atoms with van der Waals surface area (Å²) < 4.78 is 38.3. The van der Waals surface area contributed by atoms with Crippen molar-refractivity contribution in [1.82, 2.24) is 0 Å². The molecule has 2 heteroatoms. The van der Waals surface area contributed by atoms with Gasteiger partial charge < -0.3 is 9.80 Å². The molecule has 0 N–H and O–H groups in total. The standard InChI is InChI=1S/C68H56N2/c1-67(2)59-25-13-9-21-52(59)55-32-29-49(40-62(55)67)69(47-17-5-3-6-18-47)50-30-33-56-53-22-10-14-26-60(53)68(63(56)41-50)61-27-15-11-23-54(61)57-34-31-51(42-64(57)68)70(48-19-7-4-8-20-48)65-28-16-12-24-58(65)66-45-36-43-35-44(38-45)39-46(66)37-43/h3-34,40-46,66H,35-39H2,1-2H3/i12D,16D,24D,28D. The van der Waals surface area contributed by atoms with E-state index in [4.69, 9.17) is 0 Å². The molecule has 0 radical (unpaired) electrons. The van der Waals surface area contributed by atoms with Crippen LogP contribution in [0.5, 0.6) is 0 Å². The summed E-state index contributed by atoms with van der Waals surface area (Å²) >= 11 is 0. The monoisotopic (exact) mass is 904 g/mol. The van der Waals surface area contributed by atoms with Crippen molar-refractivity contribution in [3.05, 3.63) is 251 Å². The molecular formula is C68H56N2. The highest BCUT2D eigenvalue weighted by atomic mass is 15.2. The second-order valence-electron chi connectivity index (χ2n) is 21.8. The lowest BCUT2D eigenvalue weighted by Crippen LogP contribution is -2.44. The minimum absolute atomic E-state index is 0.0261. The first kappa shape index (κ1) is 36.5. The van der Waals surface area contributed by atoms with E-state index in [1.807, 2.05) is 18.2 Å². The molecular weight excluding hydrogens is 845 g/mol. The van der Waals surface area contributed by atoms with Crippen molar-refractivity contribution < 1.29 is 5.48 Å². The summed E-state index contributed by atoms with van der Waals surface area (Å²) in [5.41, 5.74) is 20.5. The summed E-state index contributed by atoms with van der Waals surface area (Å²) in [6.45, 7) is 4.70. The van der Waals surface area contributed by atoms with Crippen LogP contribution in [0.3, 0.4) is 0 Å². The van der Waals surface area contributed by atoms with Crippen LogP contribution in [0.4, 0.5) is 34.1 Å². The molecule has 2 nitrogen and oxygen atoms in total. The van der Waals surface area contributed by atoms with Crippen LogP contribution in [0.25, 0.3) is 33.4 Å². The van der Waals surface area contributed by atoms with Gasteiger partial charge in [0.05, 0.1) is 10.9 Å². The molecule has 4 fully saturated rings. The van der Waals surface area contributed by atoms with Gasteiger partial charge in [-0.05, 0) is 201 Å². The van der Waals surface area contributed by atoms with E-state index in [1.54, 1.807) is 0 Å². The third-order valence-corrected chi connectivity index (χ3v) is 17.9. The Morgan fingerprint density at radius 3 is 1.36 bits per heavy atom. The second kappa shape index (κ2) is 15.0. The molecule has 70 heavy (non-hydrogen) atoms. The third kappa shape index (κ3) is 5.62. The van der Waals surface area contributed by atoms with Crippen LogP contribution in [0.1, 0.15) is 96.3 Å². The zero-order valence-corrected chi connectivity index (χ0v) is 39.7. The van der Waals surface area contributed by atoms with Crippen LogP contribution in [0, 0.1) is 23.7 Å². The predicted octanol–water partition coefficient (Wildman–Crippen LogP) is 17.8. The molecule has 4 saturated carbocycles. The minimum Gasteiger partial charge on any atom is -0.310 e. The lowest BCUT2D eigenvalue weighted by molar-refractivity contribution is -0.00259. The van der Waals surface area contributed by atoms with Gasteiger partial charge in [0.15, 0.2) is 0 Å². The van der Waals surface area contributed by atoms with E-state index in [1.165, 1.54) is 73.2 Å². The number of hydrogen-bond donors (Lipinski definition) is 0. The van der Waals surface area contributed by atoms with Gasteiger partial charge >= 0.3 is 0 Å². The van der Waals surface area contributed by atoms with Crippen molar-refractivity contribution in [2.75, 3.05) is 9.80 Å². The number of benzene rings is 9. The molecule has 0 aromatic heterocycles. The Morgan fingerprint density at radius 2 is 0.800 bits per heavy atom. The molecule has 7 aliphatic rings. The van der Waals surface area contributed by atoms with E-state index in [0.717, 1.165) is 71.5 Å². The summed E-state index contributed by atoms with van der Waals surface area (Å²) in [4.78, 5) is 4.62. The summed E-state index contributed by atoms with van der Waals surface area (Å²) in [6.07, 6.45) is 5.89. The first-order chi connectivity index (χ1) is 36.1. The fraction of sp³-hybridized carbons (Fsp3) is 0.206. The Balaban J connectivity index is 0.962. The first-order valence-electron chi connectivity index (χ1n) is 27.6. The molecule has 7 aliphatic carbocycles. The minimum atomic E-state index is -0.712. The normalized spacial score (nSPS) is 23.8. The number of anilines is 6. The maximum Gasteiger partial charge on any atom is 0.0727 e. The lowest BCUT2D eigenvalue weighted by Gasteiger charge is -2.55. The van der Waals surface area contributed by atoms with Gasteiger partial charge in [0.25, 0.3) is 0 Å². The molecule has 16 rings (SSSR count). The number of hydrogen-bond acceptors (Lipinski definition) is 2. The largest absolute Gasteiger partial charge is 0.310 e. The van der Waals surface area contributed by atoms with E-state index in [-0.39, 0.29) is 35.5 Å². The van der Waals surface area contributed by atoms with Crippen molar-refractivity contribution in [3.8, 4) is 33.4 Å². The Hall–Kier alpha value is -7.42. The van der Waals surface area contributed by atoms with Gasteiger partial charge in [0.1, 0.15) is 0 Å². The summed E-state index contributed by atoms with van der Waals surface area (Å²) in [6, 6.07) is 68.7. The van der Waals surface area contributed by atoms with Gasteiger partial charge in [0.2, 0.25) is 0 Å². The number of nitrogens with zero attached hydrogens (tertiary/aromatic N) is 2. The Labute approximate surface area is 418 Å². The SMILES string of the molecule is [2H]c1c([2H])c([2H])c(N(c2ccccc2)c2ccc3c(c2)C2(c4ccccc4-c4ccc(N(c5ccccc5)c5ccc6c(c5)C(C)(C)c5ccccc5-6)cc42)c2ccccc2-3)c(C2C3CC4CC(C3)CC2C4)c1[2H]. The maximum atomic E-state index is 9.95. The van der Waals surface area contributed by atoms with Gasteiger partial charge in [-0.25, -0.2) is 0 Å². The van der Waals surface area contributed by atoms with E-state index in [9.17, 15) is 5.48 Å². The Kier molecular flexibility index (Phi) is 7.85. The van der Waals surface area contributed by atoms with Gasteiger partial charge in [-0.1, -0.05) is 159 Å². The van der Waals surface area contributed by atoms with E-state index >= 15 is 0 Å². The predicted molar refractivity (Wildman–Crippen MR) is 289 cm³/mol. The zero-order valence-electron chi connectivity index (χ0n) is 43.7. The zero-order chi connectivity index (χ0) is 49.8. The van der Waals surface area contributed by atoms with Crippen molar-refractivity contribution >= 4 is 34.1 Å². The molecule has 0 aliphatic heterocycles. The van der Waals surface area contributed by atoms with Crippen molar-refractivity contribution in [1.29, 1.82) is 0 Å². The van der Waals surface area contributed by atoms with Crippen LogP contribution >= 0.6 is 0 Å². The summed E-state index contributed by atoms with van der Waals surface area (Å²) in [7, 11) is 0. The molecule has 9 aromatic rings. The molecule has 338 valence electrons. The Bertz CT molecular complexity index is 3770. The first-order valence-corrected chi connectivity index (χ1v) is 25.6. The fourth-order valence-electron chi connectivity index (χ4n) is 15.4. The van der Waals surface area contributed by atoms with Crippen LogP contribution in [0.15, 0.2) is 212 Å².